The van der Waals surface area contributed by atoms with E-state index in [0.717, 1.165) is 19.1 Å². The van der Waals surface area contributed by atoms with Gasteiger partial charge in [-0.05, 0) is 18.8 Å². The van der Waals surface area contributed by atoms with E-state index < -0.39 is 0 Å². The van der Waals surface area contributed by atoms with Crippen LogP contribution in [0.5, 0.6) is 0 Å². The molecule has 0 aliphatic carbocycles. The van der Waals surface area contributed by atoms with Crippen LogP contribution in [0.15, 0.2) is 0 Å². The minimum atomic E-state index is 0. The van der Waals surface area contributed by atoms with Crippen LogP contribution in [-0.4, -0.2) is 25.8 Å². The Bertz CT molecular complexity index is 97.8. The summed E-state index contributed by atoms with van der Waals surface area (Å²) >= 11 is 0. The van der Waals surface area contributed by atoms with Crippen LogP contribution in [0.2, 0.25) is 0 Å². The van der Waals surface area contributed by atoms with Gasteiger partial charge in [-0.3, -0.25) is 0 Å². The van der Waals surface area contributed by atoms with Crippen molar-refractivity contribution in [2.24, 2.45) is 5.92 Å². The number of fused-ring (bicyclic) bond motifs is 1. The summed E-state index contributed by atoms with van der Waals surface area (Å²) in [5.74, 6) is 0.832. The highest BCUT2D eigenvalue weighted by Crippen LogP contribution is 2.22. The van der Waals surface area contributed by atoms with E-state index in [1.165, 1.54) is 19.4 Å². The first-order valence-corrected chi connectivity index (χ1v) is 3.79. The average Bonchev–Trinajstić information content (AvgIpc) is 2.33. The molecule has 2 rings (SSSR count). The highest BCUT2D eigenvalue weighted by atomic mass is 35.5. The molecule has 0 bridgehead atoms. The minimum absolute atomic E-state index is 0. The molecule has 10 heavy (non-hydrogen) atoms. The van der Waals surface area contributed by atoms with Crippen LogP contribution in [0.4, 0.5) is 0 Å². The Morgan fingerprint density at radius 2 is 2.20 bits per heavy atom. The van der Waals surface area contributed by atoms with E-state index in [1.807, 2.05) is 0 Å². The fourth-order valence-corrected chi connectivity index (χ4v) is 1.77. The van der Waals surface area contributed by atoms with Crippen molar-refractivity contribution >= 4 is 12.4 Å². The quantitative estimate of drug-likeness (QED) is 0.571. The van der Waals surface area contributed by atoms with Gasteiger partial charge in [-0.25, -0.2) is 0 Å². The molecule has 60 valence electrons. The van der Waals surface area contributed by atoms with Gasteiger partial charge in [0.15, 0.2) is 0 Å². The summed E-state index contributed by atoms with van der Waals surface area (Å²) in [6.07, 6.45) is 3.19. The monoisotopic (exact) mass is 163 g/mol. The van der Waals surface area contributed by atoms with Crippen LogP contribution < -0.4 is 5.32 Å². The lowest BCUT2D eigenvalue weighted by molar-refractivity contribution is 0.000755. The predicted octanol–water partition coefficient (Wildman–Crippen LogP) is 0.807. The van der Waals surface area contributed by atoms with Crippen LogP contribution in [-0.2, 0) is 4.74 Å². The highest BCUT2D eigenvalue weighted by molar-refractivity contribution is 5.85. The Kier molecular flexibility index (Phi) is 2.96. The van der Waals surface area contributed by atoms with E-state index in [9.17, 15) is 0 Å². The normalized spacial score (nSPS) is 38.4. The Morgan fingerprint density at radius 3 is 3.00 bits per heavy atom. The number of nitrogens with one attached hydrogen (secondary N) is 1. The smallest absolute Gasteiger partial charge is 0.0739 e. The largest absolute Gasteiger partial charge is 0.377 e. The molecule has 0 aromatic rings. The lowest BCUT2D eigenvalue weighted by atomic mass is 9.98. The minimum Gasteiger partial charge on any atom is -0.377 e. The maximum absolute atomic E-state index is 5.54. The van der Waals surface area contributed by atoms with Crippen molar-refractivity contribution in [3.63, 3.8) is 0 Å². The Hall–Kier alpha value is 0.210. The molecule has 0 radical (unpaired) electrons. The first-order valence-electron chi connectivity index (χ1n) is 3.79. The molecule has 0 spiro atoms. The van der Waals surface area contributed by atoms with E-state index in [4.69, 9.17) is 4.74 Å². The Morgan fingerprint density at radius 1 is 1.30 bits per heavy atom. The van der Waals surface area contributed by atoms with E-state index in [0.29, 0.717) is 6.10 Å². The molecule has 3 heteroatoms. The van der Waals surface area contributed by atoms with Gasteiger partial charge in [0.25, 0.3) is 0 Å². The fraction of sp³-hybridized carbons (Fsp3) is 1.00. The number of hydrogen-bond acceptors (Lipinski definition) is 2. The Labute approximate surface area is 67.7 Å². The standard InChI is InChI=1S/C7H13NO.ClH/c1-2-6-4-8-5-7(6)9-3-1;/h6-8H,1-5H2;1H/t6-,7+;/m1./s1. The SMILES string of the molecule is C1CO[C@H]2CNC[C@H]2C1.Cl. The van der Waals surface area contributed by atoms with Crippen LogP contribution in [0.25, 0.3) is 0 Å². The van der Waals surface area contributed by atoms with Crippen molar-refractivity contribution in [2.45, 2.75) is 18.9 Å². The summed E-state index contributed by atoms with van der Waals surface area (Å²) in [4.78, 5) is 0. The van der Waals surface area contributed by atoms with Gasteiger partial charge in [0, 0.05) is 19.7 Å². The second-order valence-corrected chi connectivity index (χ2v) is 2.97. The molecule has 0 aromatic carbocycles. The summed E-state index contributed by atoms with van der Waals surface area (Å²) in [5, 5.41) is 3.34. The van der Waals surface area contributed by atoms with Gasteiger partial charge in [0.05, 0.1) is 6.10 Å². The zero-order valence-electron chi connectivity index (χ0n) is 6.01. The van der Waals surface area contributed by atoms with Crippen LogP contribution >= 0.6 is 12.4 Å². The van der Waals surface area contributed by atoms with Crippen molar-refractivity contribution in [1.29, 1.82) is 0 Å². The third-order valence-corrected chi connectivity index (χ3v) is 2.33. The third kappa shape index (κ3) is 1.44. The molecule has 2 atom stereocenters. The molecule has 0 aromatic heterocycles. The van der Waals surface area contributed by atoms with Gasteiger partial charge in [0.1, 0.15) is 0 Å². The third-order valence-electron chi connectivity index (χ3n) is 2.33. The number of hydrogen-bond donors (Lipinski definition) is 1. The molecule has 0 amide bonds. The van der Waals surface area contributed by atoms with Gasteiger partial charge < -0.3 is 10.1 Å². The molecule has 2 aliphatic heterocycles. The summed E-state index contributed by atoms with van der Waals surface area (Å²) in [6, 6.07) is 0. The maximum Gasteiger partial charge on any atom is 0.0739 e. The van der Waals surface area contributed by atoms with Crippen LogP contribution in [0.3, 0.4) is 0 Å². The molecule has 2 fully saturated rings. The van der Waals surface area contributed by atoms with Gasteiger partial charge in [0.2, 0.25) is 0 Å². The molecule has 1 N–H and O–H groups in total. The topological polar surface area (TPSA) is 21.3 Å². The maximum atomic E-state index is 5.54. The average molecular weight is 164 g/mol. The second-order valence-electron chi connectivity index (χ2n) is 2.97. The summed E-state index contributed by atoms with van der Waals surface area (Å²) in [5.41, 5.74) is 0. The molecular formula is C7H14ClNO. The highest BCUT2D eigenvalue weighted by Gasteiger charge is 2.29. The van der Waals surface area contributed by atoms with Crippen LogP contribution in [0, 0.1) is 5.92 Å². The molecule has 0 saturated carbocycles. The molecule has 2 nitrogen and oxygen atoms in total. The second kappa shape index (κ2) is 3.56. The molecule has 2 heterocycles. The summed E-state index contributed by atoms with van der Waals surface area (Å²) in [7, 11) is 0. The number of ether oxygens (including phenoxy) is 1. The van der Waals surface area contributed by atoms with E-state index in [2.05, 4.69) is 5.32 Å². The zero-order chi connectivity index (χ0) is 6.10. The number of rotatable bonds is 0. The molecule has 0 unspecified atom stereocenters. The zero-order valence-corrected chi connectivity index (χ0v) is 6.82. The van der Waals surface area contributed by atoms with Gasteiger partial charge >= 0.3 is 0 Å². The van der Waals surface area contributed by atoms with Gasteiger partial charge in [-0.15, -0.1) is 12.4 Å². The lowest BCUT2D eigenvalue weighted by Gasteiger charge is -2.24. The van der Waals surface area contributed by atoms with Crippen molar-refractivity contribution in [1.82, 2.24) is 5.32 Å². The van der Waals surface area contributed by atoms with E-state index in [1.54, 1.807) is 0 Å². The summed E-state index contributed by atoms with van der Waals surface area (Å²) < 4.78 is 5.54. The van der Waals surface area contributed by atoms with E-state index in [-0.39, 0.29) is 12.4 Å². The van der Waals surface area contributed by atoms with Crippen molar-refractivity contribution in [2.75, 3.05) is 19.7 Å². The molecular weight excluding hydrogens is 150 g/mol. The van der Waals surface area contributed by atoms with Crippen molar-refractivity contribution in [3.05, 3.63) is 0 Å². The Balaban J connectivity index is 0.000000500. The predicted molar refractivity (Wildman–Crippen MR) is 42.6 cm³/mol. The first kappa shape index (κ1) is 8.31. The lowest BCUT2D eigenvalue weighted by Crippen LogP contribution is -2.27. The molecule has 2 aliphatic rings. The molecule has 2 saturated heterocycles. The van der Waals surface area contributed by atoms with Crippen LogP contribution in [0.1, 0.15) is 12.8 Å². The van der Waals surface area contributed by atoms with Crippen molar-refractivity contribution < 1.29 is 4.74 Å². The van der Waals surface area contributed by atoms with E-state index >= 15 is 0 Å². The van der Waals surface area contributed by atoms with Gasteiger partial charge in [-0.1, -0.05) is 0 Å². The first-order chi connectivity index (χ1) is 4.47. The van der Waals surface area contributed by atoms with Crippen molar-refractivity contribution in [3.8, 4) is 0 Å². The summed E-state index contributed by atoms with van der Waals surface area (Å²) in [6.45, 7) is 3.26. The van der Waals surface area contributed by atoms with Gasteiger partial charge in [-0.2, -0.15) is 0 Å². The fourth-order valence-electron chi connectivity index (χ4n) is 1.77. The number of halogens is 1.